The molecule has 0 saturated heterocycles. The molecule has 2 aliphatic carbocycles. The lowest BCUT2D eigenvalue weighted by Crippen LogP contribution is -2.38. The third-order valence-corrected chi connectivity index (χ3v) is 7.11. The van der Waals surface area contributed by atoms with Crippen molar-refractivity contribution in [2.24, 2.45) is 0 Å². The maximum absolute atomic E-state index is 13.7. The molecule has 0 nitrogen and oxygen atoms in total. The average molecular weight is 417 g/mol. The van der Waals surface area contributed by atoms with Crippen molar-refractivity contribution >= 4 is 11.6 Å². The summed E-state index contributed by atoms with van der Waals surface area (Å²) >= 11 is 0. The summed E-state index contributed by atoms with van der Waals surface area (Å²) in [4.78, 5) is 0. The van der Waals surface area contributed by atoms with Crippen LogP contribution >= 0.6 is 0 Å². The van der Waals surface area contributed by atoms with Gasteiger partial charge in [0.1, 0.15) is 5.82 Å². The number of hydrogen-bond donors (Lipinski definition) is 0. The molecule has 0 N–H and O–H groups in total. The van der Waals surface area contributed by atoms with Crippen molar-refractivity contribution in [3.8, 4) is 11.1 Å². The monoisotopic (exact) mass is 416 g/mol. The lowest BCUT2D eigenvalue weighted by Gasteiger charge is -2.28. The molecule has 4 aromatic carbocycles. The highest BCUT2D eigenvalue weighted by atomic mass is 19.1. The molecule has 156 valence electrons. The molecule has 4 aromatic rings. The number of benzene rings is 4. The topological polar surface area (TPSA) is 0 Å². The summed E-state index contributed by atoms with van der Waals surface area (Å²) in [5.41, 5.74) is 9.39. The van der Waals surface area contributed by atoms with Crippen LogP contribution in [0.4, 0.5) is 4.39 Å². The van der Waals surface area contributed by atoms with Gasteiger partial charge in [-0.25, -0.2) is 4.39 Å². The molecule has 1 unspecified atom stereocenters. The predicted octanol–water partition coefficient (Wildman–Crippen LogP) is 6.15. The van der Waals surface area contributed by atoms with E-state index in [1.54, 1.807) is 12.1 Å². The fourth-order valence-corrected chi connectivity index (χ4v) is 5.58. The van der Waals surface area contributed by atoms with Gasteiger partial charge in [0.15, 0.2) is 0 Å². The zero-order valence-corrected chi connectivity index (χ0v) is 18.0. The summed E-state index contributed by atoms with van der Waals surface area (Å²) in [7, 11) is 0. The molecule has 32 heavy (non-hydrogen) atoms. The molecule has 0 aromatic heterocycles. The van der Waals surface area contributed by atoms with Gasteiger partial charge in [0.05, 0.1) is 0 Å². The van der Waals surface area contributed by atoms with Crippen molar-refractivity contribution in [1.82, 2.24) is 0 Å². The minimum absolute atomic E-state index is 0.178. The van der Waals surface area contributed by atoms with Crippen molar-refractivity contribution in [3.05, 3.63) is 130 Å². The third kappa shape index (κ3) is 3.29. The minimum atomic E-state index is -0.178. The van der Waals surface area contributed by atoms with Gasteiger partial charge >= 0.3 is 0 Å². The largest absolute Gasteiger partial charge is 0.207 e. The van der Waals surface area contributed by atoms with Crippen molar-refractivity contribution in [1.29, 1.82) is 0 Å². The highest BCUT2D eigenvalue weighted by Gasteiger charge is 2.24. The van der Waals surface area contributed by atoms with Crippen LogP contribution < -0.4 is 10.4 Å². The van der Waals surface area contributed by atoms with E-state index in [1.807, 2.05) is 12.1 Å². The van der Waals surface area contributed by atoms with Gasteiger partial charge in [-0.15, -0.1) is 0 Å². The Kier molecular flexibility index (Phi) is 4.76. The molecule has 0 aliphatic heterocycles. The minimum Gasteiger partial charge on any atom is -0.207 e. The van der Waals surface area contributed by atoms with Crippen molar-refractivity contribution in [3.63, 3.8) is 0 Å². The molecule has 1 heteroatoms. The quantitative estimate of drug-likeness (QED) is 0.376. The summed E-state index contributed by atoms with van der Waals surface area (Å²) in [6.07, 6.45) is 6.55. The second-order valence-corrected chi connectivity index (χ2v) is 8.97. The van der Waals surface area contributed by atoms with Crippen LogP contribution in [0.5, 0.6) is 0 Å². The van der Waals surface area contributed by atoms with Crippen LogP contribution in [0.3, 0.4) is 0 Å². The van der Waals surface area contributed by atoms with E-state index in [9.17, 15) is 4.39 Å². The molecule has 0 radical (unpaired) electrons. The molecule has 0 saturated carbocycles. The Balaban J connectivity index is 1.60. The van der Waals surface area contributed by atoms with Crippen LogP contribution in [-0.2, 0) is 12.8 Å². The Bertz CT molecular complexity index is 1410. The van der Waals surface area contributed by atoms with Crippen LogP contribution in [0.1, 0.15) is 41.0 Å². The fourth-order valence-electron chi connectivity index (χ4n) is 5.58. The smallest absolute Gasteiger partial charge is 0.123 e. The van der Waals surface area contributed by atoms with Gasteiger partial charge in [0.2, 0.25) is 0 Å². The second kappa shape index (κ2) is 7.91. The van der Waals surface area contributed by atoms with Gasteiger partial charge in [-0.05, 0) is 93.1 Å². The van der Waals surface area contributed by atoms with E-state index in [0.29, 0.717) is 5.92 Å². The maximum Gasteiger partial charge on any atom is 0.123 e. The van der Waals surface area contributed by atoms with E-state index >= 15 is 0 Å². The van der Waals surface area contributed by atoms with E-state index in [-0.39, 0.29) is 5.82 Å². The second-order valence-electron chi connectivity index (χ2n) is 8.97. The standard InChI is InChI=1S/C31H25F/c32-25-14-10-23(11-15-25)27-16-13-24(20-21-6-2-1-3-7-21)28-18-19-29-26-9-5-4-8-22(26)12-17-30(29)31(27)28/h1-11,14-15,17-19,24H,12-13,16,20H2. The first-order valence-electron chi connectivity index (χ1n) is 11.5. The Labute approximate surface area is 188 Å². The first-order chi connectivity index (χ1) is 15.8. The van der Waals surface area contributed by atoms with Gasteiger partial charge in [-0.1, -0.05) is 84.9 Å². The number of fused-ring (bicyclic) bond motifs is 5. The Morgan fingerprint density at radius 1 is 0.750 bits per heavy atom. The molecule has 2 aliphatic rings. The van der Waals surface area contributed by atoms with E-state index in [0.717, 1.165) is 31.2 Å². The van der Waals surface area contributed by atoms with Crippen molar-refractivity contribution in [2.45, 2.75) is 31.6 Å². The SMILES string of the molecule is Fc1ccc(C2=c3c(ccc4c3=CCc3ccccc3-4)C(Cc3ccccc3)CC2)cc1. The molecular weight excluding hydrogens is 391 g/mol. The summed E-state index contributed by atoms with van der Waals surface area (Å²) in [5.74, 6) is 0.315. The Morgan fingerprint density at radius 3 is 2.38 bits per heavy atom. The Hall–Kier alpha value is -3.45. The van der Waals surface area contributed by atoms with E-state index in [1.165, 1.54) is 43.8 Å². The first-order valence-corrected chi connectivity index (χ1v) is 11.5. The van der Waals surface area contributed by atoms with Crippen molar-refractivity contribution in [2.75, 3.05) is 0 Å². The van der Waals surface area contributed by atoms with E-state index < -0.39 is 0 Å². The molecule has 6 rings (SSSR count). The van der Waals surface area contributed by atoms with Crippen LogP contribution in [0, 0.1) is 5.82 Å². The van der Waals surface area contributed by atoms with E-state index in [4.69, 9.17) is 0 Å². The van der Waals surface area contributed by atoms with Crippen molar-refractivity contribution < 1.29 is 4.39 Å². The third-order valence-electron chi connectivity index (χ3n) is 7.11. The summed E-state index contributed by atoms with van der Waals surface area (Å²) in [6.45, 7) is 0. The highest BCUT2D eigenvalue weighted by Crippen LogP contribution is 2.34. The molecule has 1 atom stereocenters. The molecular formula is C31H25F. The summed E-state index contributed by atoms with van der Waals surface area (Å²) in [5, 5.41) is 2.74. The number of halogens is 1. The van der Waals surface area contributed by atoms with Crippen LogP contribution in [0.2, 0.25) is 0 Å². The Morgan fingerprint density at radius 2 is 1.53 bits per heavy atom. The molecule has 0 amide bonds. The molecule has 0 fully saturated rings. The highest BCUT2D eigenvalue weighted by molar-refractivity contribution is 5.77. The summed E-state index contributed by atoms with van der Waals surface area (Å²) < 4.78 is 13.7. The lowest BCUT2D eigenvalue weighted by atomic mass is 9.76. The van der Waals surface area contributed by atoms with Gasteiger partial charge in [-0.2, -0.15) is 0 Å². The lowest BCUT2D eigenvalue weighted by molar-refractivity contribution is 0.614. The number of hydrogen-bond acceptors (Lipinski definition) is 0. The normalized spacial score (nSPS) is 16.5. The van der Waals surface area contributed by atoms with E-state index in [2.05, 4.69) is 72.8 Å². The van der Waals surface area contributed by atoms with Gasteiger partial charge < -0.3 is 0 Å². The molecule has 0 heterocycles. The molecule has 0 bridgehead atoms. The summed E-state index contributed by atoms with van der Waals surface area (Å²) in [6, 6.07) is 31.3. The van der Waals surface area contributed by atoms with Gasteiger partial charge in [-0.3, -0.25) is 0 Å². The van der Waals surface area contributed by atoms with Crippen LogP contribution in [-0.4, -0.2) is 0 Å². The predicted molar refractivity (Wildman–Crippen MR) is 130 cm³/mol. The van der Waals surface area contributed by atoms with Gasteiger partial charge in [0, 0.05) is 0 Å². The first kappa shape index (κ1) is 19.3. The molecule has 0 spiro atoms. The fraction of sp³-hybridized carbons (Fsp3) is 0.161. The maximum atomic E-state index is 13.7. The average Bonchev–Trinajstić information content (AvgIpc) is 2.85. The number of rotatable bonds is 3. The van der Waals surface area contributed by atoms with Crippen LogP contribution in [0.15, 0.2) is 91.0 Å². The van der Waals surface area contributed by atoms with Gasteiger partial charge in [0.25, 0.3) is 0 Å². The van der Waals surface area contributed by atoms with Crippen LogP contribution in [0.25, 0.3) is 22.8 Å². The zero-order valence-electron chi connectivity index (χ0n) is 18.0. The zero-order chi connectivity index (χ0) is 21.5.